The highest BCUT2D eigenvalue weighted by Gasteiger charge is 2.34. The molecular weight excluding hydrogens is 371 g/mol. The van der Waals surface area contributed by atoms with E-state index in [1.165, 1.54) is 24.3 Å². The number of aromatic amines is 1. The molecule has 28 heavy (non-hydrogen) atoms. The van der Waals surface area contributed by atoms with Crippen LogP contribution in [0.3, 0.4) is 0 Å². The highest BCUT2D eigenvalue weighted by Crippen LogP contribution is 2.32. The third-order valence-electron chi connectivity index (χ3n) is 4.03. The van der Waals surface area contributed by atoms with Gasteiger partial charge < -0.3 is 10.3 Å². The lowest BCUT2D eigenvalue weighted by atomic mass is 10.1. The Labute approximate surface area is 158 Å². The molecule has 144 valence electrons. The van der Waals surface area contributed by atoms with Crippen LogP contribution in [-0.2, 0) is 12.6 Å². The van der Waals surface area contributed by atoms with Crippen LogP contribution in [0.25, 0.3) is 11.4 Å². The van der Waals surface area contributed by atoms with Crippen LogP contribution in [0, 0.1) is 0 Å². The van der Waals surface area contributed by atoms with Crippen molar-refractivity contribution in [2.75, 3.05) is 5.32 Å². The van der Waals surface area contributed by atoms with Crippen LogP contribution in [0.4, 0.5) is 18.9 Å². The zero-order valence-corrected chi connectivity index (χ0v) is 14.8. The number of carbonyl (C=O) groups is 1. The Morgan fingerprint density at radius 3 is 2.57 bits per heavy atom. The Kier molecular flexibility index (Phi) is 5.30. The number of alkyl halides is 3. The number of amides is 1. The van der Waals surface area contributed by atoms with Gasteiger partial charge in [0.25, 0.3) is 11.5 Å². The number of hydrogen-bond acceptors (Lipinski definition) is 3. The lowest BCUT2D eigenvalue weighted by molar-refractivity contribution is -0.137. The molecule has 0 saturated carbocycles. The second-order valence-electron chi connectivity index (χ2n) is 6.02. The molecule has 0 saturated heterocycles. The highest BCUT2D eigenvalue weighted by molar-refractivity contribution is 6.05. The molecule has 1 aromatic heterocycles. The first-order valence-electron chi connectivity index (χ1n) is 8.46. The lowest BCUT2D eigenvalue weighted by Gasteiger charge is -2.13. The molecule has 0 radical (unpaired) electrons. The van der Waals surface area contributed by atoms with E-state index in [1.807, 2.05) is 6.92 Å². The smallest absolute Gasteiger partial charge is 0.322 e. The van der Waals surface area contributed by atoms with E-state index in [-0.39, 0.29) is 11.2 Å². The molecular formula is C20H16F3N3O2. The molecule has 0 unspecified atom stereocenters. The summed E-state index contributed by atoms with van der Waals surface area (Å²) in [6.45, 7) is 1.86. The maximum Gasteiger partial charge on any atom is 0.417 e. The van der Waals surface area contributed by atoms with Crippen molar-refractivity contribution in [1.82, 2.24) is 9.97 Å². The van der Waals surface area contributed by atoms with Gasteiger partial charge >= 0.3 is 6.18 Å². The zero-order valence-electron chi connectivity index (χ0n) is 14.8. The summed E-state index contributed by atoms with van der Waals surface area (Å²) in [7, 11) is 0. The van der Waals surface area contributed by atoms with Gasteiger partial charge in [0.15, 0.2) is 0 Å². The molecule has 0 bridgehead atoms. The van der Waals surface area contributed by atoms with Gasteiger partial charge in [0.1, 0.15) is 5.82 Å². The fourth-order valence-corrected chi connectivity index (χ4v) is 2.70. The summed E-state index contributed by atoms with van der Waals surface area (Å²) in [5, 5.41) is 2.47. The Hall–Kier alpha value is -3.42. The van der Waals surface area contributed by atoms with Gasteiger partial charge in [-0.15, -0.1) is 0 Å². The fraction of sp³-hybridized carbons (Fsp3) is 0.150. The van der Waals surface area contributed by atoms with E-state index in [2.05, 4.69) is 15.3 Å². The SMILES string of the molecule is CCc1cc(=O)[nH]c(-c2cccc(NC(=O)c3ccccc3C(F)(F)F)c2)n1. The summed E-state index contributed by atoms with van der Waals surface area (Å²) < 4.78 is 39.4. The minimum Gasteiger partial charge on any atom is -0.322 e. The Bertz CT molecular complexity index is 1070. The summed E-state index contributed by atoms with van der Waals surface area (Å²) in [6.07, 6.45) is -4.07. The number of benzene rings is 2. The van der Waals surface area contributed by atoms with Crippen LogP contribution < -0.4 is 10.9 Å². The predicted molar refractivity (Wildman–Crippen MR) is 99.1 cm³/mol. The van der Waals surface area contributed by atoms with Crippen LogP contribution in [0.5, 0.6) is 0 Å². The number of carbonyl (C=O) groups excluding carboxylic acids is 1. The van der Waals surface area contributed by atoms with Crippen LogP contribution >= 0.6 is 0 Å². The summed E-state index contributed by atoms with van der Waals surface area (Å²) in [6, 6.07) is 12.3. The molecule has 0 aliphatic heterocycles. The van der Waals surface area contributed by atoms with Crippen molar-refractivity contribution in [2.24, 2.45) is 0 Å². The van der Waals surface area contributed by atoms with E-state index in [1.54, 1.807) is 18.2 Å². The number of halogens is 3. The minimum atomic E-state index is -4.64. The Morgan fingerprint density at radius 1 is 1.11 bits per heavy atom. The van der Waals surface area contributed by atoms with Crippen LogP contribution in [0.15, 0.2) is 59.4 Å². The van der Waals surface area contributed by atoms with Crippen LogP contribution in [0.2, 0.25) is 0 Å². The third-order valence-corrected chi connectivity index (χ3v) is 4.03. The largest absolute Gasteiger partial charge is 0.417 e. The standard InChI is InChI=1S/C20H16F3N3O2/c1-2-13-11-17(27)26-18(24-13)12-6-5-7-14(10-12)25-19(28)15-8-3-4-9-16(15)20(21,22)23/h3-11H,2H2,1H3,(H,25,28)(H,24,26,27). The molecule has 0 fully saturated rings. The first-order chi connectivity index (χ1) is 13.3. The molecule has 8 heteroatoms. The predicted octanol–water partition coefficient (Wildman–Crippen LogP) is 4.27. The van der Waals surface area contributed by atoms with Gasteiger partial charge in [-0.2, -0.15) is 13.2 Å². The number of rotatable bonds is 4. The number of anilines is 1. The molecule has 3 aromatic rings. The quantitative estimate of drug-likeness (QED) is 0.702. The summed E-state index contributed by atoms with van der Waals surface area (Å²) in [5.74, 6) is -0.565. The van der Waals surface area contributed by atoms with Gasteiger partial charge in [0, 0.05) is 23.0 Å². The Morgan fingerprint density at radius 2 is 1.86 bits per heavy atom. The van der Waals surface area contributed by atoms with Crippen LogP contribution in [-0.4, -0.2) is 15.9 Å². The number of hydrogen-bond donors (Lipinski definition) is 2. The van der Waals surface area contributed by atoms with E-state index in [0.717, 1.165) is 12.1 Å². The van der Waals surface area contributed by atoms with Crippen molar-refractivity contribution >= 4 is 11.6 Å². The number of aromatic nitrogens is 2. The number of H-pyrrole nitrogens is 1. The van der Waals surface area contributed by atoms with Gasteiger partial charge in [-0.25, -0.2) is 4.98 Å². The first-order valence-corrected chi connectivity index (χ1v) is 8.46. The van der Waals surface area contributed by atoms with Gasteiger partial charge in [-0.05, 0) is 30.7 Å². The molecule has 2 aromatic carbocycles. The van der Waals surface area contributed by atoms with Gasteiger partial charge in [0.05, 0.1) is 11.1 Å². The number of aryl methyl sites for hydroxylation is 1. The average Bonchev–Trinajstić information content (AvgIpc) is 2.67. The minimum absolute atomic E-state index is 0.282. The van der Waals surface area contributed by atoms with Crippen molar-refractivity contribution in [1.29, 1.82) is 0 Å². The van der Waals surface area contributed by atoms with Crippen molar-refractivity contribution in [3.05, 3.63) is 81.8 Å². The topological polar surface area (TPSA) is 74.8 Å². The Balaban J connectivity index is 1.92. The molecule has 2 N–H and O–H groups in total. The monoisotopic (exact) mass is 387 g/mol. The molecule has 1 amide bonds. The molecule has 0 aliphatic rings. The lowest BCUT2D eigenvalue weighted by Crippen LogP contribution is -2.18. The molecule has 0 atom stereocenters. The van der Waals surface area contributed by atoms with E-state index < -0.39 is 23.2 Å². The molecule has 1 heterocycles. The summed E-state index contributed by atoms with van der Waals surface area (Å²) in [4.78, 5) is 31.1. The second-order valence-corrected chi connectivity index (χ2v) is 6.02. The van der Waals surface area contributed by atoms with E-state index >= 15 is 0 Å². The van der Waals surface area contributed by atoms with Crippen molar-refractivity contribution in [2.45, 2.75) is 19.5 Å². The molecule has 3 rings (SSSR count). The maximum absolute atomic E-state index is 13.1. The number of nitrogens with one attached hydrogen (secondary N) is 2. The van der Waals surface area contributed by atoms with Crippen molar-refractivity contribution in [3.63, 3.8) is 0 Å². The van der Waals surface area contributed by atoms with E-state index in [9.17, 15) is 22.8 Å². The van der Waals surface area contributed by atoms with Crippen molar-refractivity contribution < 1.29 is 18.0 Å². The highest BCUT2D eigenvalue weighted by atomic mass is 19.4. The van der Waals surface area contributed by atoms with Gasteiger partial charge in [-0.3, -0.25) is 9.59 Å². The van der Waals surface area contributed by atoms with Crippen LogP contribution in [0.1, 0.15) is 28.5 Å². The first kappa shape index (κ1) is 19.3. The van der Waals surface area contributed by atoms with Gasteiger partial charge in [-0.1, -0.05) is 31.2 Å². The molecule has 5 nitrogen and oxygen atoms in total. The van der Waals surface area contributed by atoms with Crippen molar-refractivity contribution in [3.8, 4) is 11.4 Å². The maximum atomic E-state index is 13.1. The van der Waals surface area contributed by atoms with Gasteiger partial charge in [0.2, 0.25) is 0 Å². The molecule has 0 aliphatic carbocycles. The third kappa shape index (κ3) is 4.28. The average molecular weight is 387 g/mol. The molecule has 0 spiro atoms. The van der Waals surface area contributed by atoms with E-state index in [0.29, 0.717) is 23.5 Å². The summed E-state index contributed by atoms with van der Waals surface area (Å²) in [5.41, 5.74) is -0.383. The van der Waals surface area contributed by atoms with E-state index in [4.69, 9.17) is 0 Å². The zero-order chi connectivity index (χ0) is 20.3. The second kappa shape index (κ2) is 7.67. The summed E-state index contributed by atoms with van der Waals surface area (Å²) >= 11 is 0. The fourth-order valence-electron chi connectivity index (χ4n) is 2.70. The number of nitrogens with zero attached hydrogens (tertiary/aromatic N) is 1. The normalized spacial score (nSPS) is 11.3.